The SMILES string of the molecule is CC(C)(C)OC(=O)N[C@@H](Cc1ccccc1)[C@H](O)CNC[C@@H](O)[C@H](Cc1ccccc1)NC(=O)C(N(Cc1ccccc1)C(=O)O)C(C)(C)CO. The van der Waals surface area contributed by atoms with E-state index in [0.29, 0.717) is 12.0 Å². The monoisotopic (exact) mass is 706 g/mol. The van der Waals surface area contributed by atoms with Gasteiger partial charge in [0.15, 0.2) is 0 Å². The van der Waals surface area contributed by atoms with Crippen molar-refractivity contribution in [1.29, 1.82) is 0 Å². The highest BCUT2D eigenvalue weighted by atomic mass is 16.6. The molecule has 3 amide bonds. The van der Waals surface area contributed by atoms with Crippen LogP contribution in [0.2, 0.25) is 0 Å². The zero-order valence-electron chi connectivity index (χ0n) is 30.2. The molecule has 3 aromatic carbocycles. The lowest BCUT2D eigenvalue weighted by Gasteiger charge is -2.39. The summed E-state index contributed by atoms with van der Waals surface area (Å²) in [5.74, 6) is -0.670. The van der Waals surface area contributed by atoms with Crippen LogP contribution in [-0.4, -0.2) is 99.1 Å². The molecule has 0 aromatic heterocycles. The number of aliphatic hydroxyl groups is 3. The minimum Gasteiger partial charge on any atom is -0.465 e. The molecule has 0 bridgehead atoms. The van der Waals surface area contributed by atoms with E-state index < -0.39 is 66.1 Å². The second-order valence-corrected chi connectivity index (χ2v) is 14.5. The molecular weight excluding hydrogens is 652 g/mol. The quantitative estimate of drug-likeness (QED) is 0.104. The third kappa shape index (κ3) is 13.6. The Kier molecular flexibility index (Phi) is 15.4. The maximum Gasteiger partial charge on any atom is 0.408 e. The van der Waals surface area contributed by atoms with Crippen molar-refractivity contribution < 1.29 is 39.5 Å². The number of carbonyl (C=O) groups excluding carboxylic acids is 2. The number of carbonyl (C=O) groups is 3. The lowest BCUT2D eigenvalue weighted by molar-refractivity contribution is -0.133. The van der Waals surface area contributed by atoms with Crippen LogP contribution in [-0.2, 0) is 28.9 Å². The summed E-state index contributed by atoms with van der Waals surface area (Å²) in [5.41, 5.74) is 0.467. The summed E-state index contributed by atoms with van der Waals surface area (Å²) < 4.78 is 5.42. The molecule has 12 nitrogen and oxygen atoms in total. The van der Waals surface area contributed by atoms with Crippen molar-refractivity contribution in [2.24, 2.45) is 5.41 Å². The van der Waals surface area contributed by atoms with Crippen LogP contribution in [0.15, 0.2) is 91.0 Å². The van der Waals surface area contributed by atoms with Crippen molar-refractivity contribution in [2.45, 2.75) is 89.9 Å². The lowest BCUT2D eigenvalue weighted by atomic mass is 9.83. The summed E-state index contributed by atoms with van der Waals surface area (Å²) in [6, 6.07) is 24.6. The number of carboxylic acid groups (broad SMARTS) is 1. The van der Waals surface area contributed by atoms with Gasteiger partial charge in [0.25, 0.3) is 0 Å². The van der Waals surface area contributed by atoms with Gasteiger partial charge in [0.1, 0.15) is 11.6 Å². The molecule has 3 rings (SSSR count). The molecule has 1 unspecified atom stereocenters. The molecule has 12 heteroatoms. The third-order valence-corrected chi connectivity index (χ3v) is 8.41. The van der Waals surface area contributed by atoms with Gasteiger partial charge in [-0.25, -0.2) is 9.59 Å². The highest BCUT2D eigenvalue weighted by Gasteiger charge is 2.43. The van der Waals surface area contributed by atoms with E-state index in [2.05, 4.69) is 16.0 Å². The number of ether oxygens (including phenoxy) is 1. The average Bonchev–Trinajstić information content (AvgIpc) is 3.07. The summed E-state index contributed by atoms with van der Waals surface area (Å²) in [7, 11) is 0. The van der Waals surface area contributed by atoms with E-state index >= 15 is 0 Å². The fourth-order valence-electron chi connectivity index (χ4n) is 5.74. The van der Waals surface area contributed by atoms with Gasteiger partial charge >= 0.3 is 12.2 Å². The van der Waals surface area contributed by atoms with E-state index in [1.807, 2.05) is 60.7 Å². The number of rotatable bonds is 18. The van der Waals surface area contributed by atoms with Gasteiger partial charge in [-0.1, -0.05) is 105 Å². The fraction of sp³-hybridized carbons (Fsp3) is 0.462. The van der Waals surface area contributed by atoms with E-state index in [0.717, 1.165) is 16.0 Å². The van der Waals surface area contributed by atoms with Gasteiger partial charge in [-0.05, 0) is 50.3 Å². The van der Waals surface area contributed by atoms with E-state index in [9.17, 15) is 34.8 Å². The molecule has 0 saturated carbocycles. The van der Waals surface area contributed by atoms with Crippen LogP contribution < -0.4 is 16.0 Å². The van der Waals surface area contributed by atoms with Gasteiger partial charge in [-0.3, -0.25) is 9.69 Å². The predicted molar refractivity (Wildman–Crippen MR) is 195 cm³/mol. The lowest BCUT2D eigenvalue weighted by Crippen LogP contribution is -2.60. The molecule has 0 heterocycles. The molecule has 3 aromatic rings. The molecule has 0 aliphatic rings. The van der Waals surface area contributed by atoms with Gasteiger partial charge in [0.05, 0.1) is 30.9 Å². The molecule has 0 radical (unpaired) electrons. The van der Waals surface area contributed by atoms with Crippen LogP contribution in [0.4, 0.5) is 9.59 Å². The first-order valence-electron chi connectivity index (χ1n) is 17.2. The van der Waals surface area contributed by atoms with Gasteiger partial charge < -0.3 is 41.1 Å². The van der Waals surface area contributed by atoms with Crippen molar-refractivity contribution in [1.82, 2.24) is 20.9 Å². The Bertz CT molecular complexity index is 1500. The number of nitrogens with one attached hydrogen (secondary N) is 3. The zero-order chi connectivity index (χ0) is 37.6. The highest BCUT2D eigenvalue weighted by Crippen LogP contribution is 2.27. The summed E-state index contributed by atoms with van der Waals surface area (Å²) in [4.78, 5) is 40.3. The first-order valence-corrected chi connectivity index (χ1v) is 17.2. The molecular formula is C39H54N4O8. The molecule has 51 heavy (non-hydrogen) atoms. The molecule has 0 spiro atoms. The molecule has 0 aliphatic heterocycles. The van der Waals surface area contributed by atoms with Crippen molar-refractivity contribution in [2.75, 3.05) is 19.7 Å². The van der Waals surface area contributed by atoms with Crippen molar-refractivity contribution in [3.8, 4) is 0 Å². The van der Waals surface area contributed by atoms with E-state index in [1.165, 1.54) is 0 Å². The Balaban J connectivity index is 1.79. The average molecular weight is 707 g/mol. The van der Waals surface area contributed by atoms with Crippen molar-refractivity contribution >= 4 is 18.1 Å². The second kappa shape index (κ2) is 19.2. The molecule has 278 valence electrons. The number of aliphatic hydroxyl groups excluding tert-OH is 3. The number of amides is 3. The highest BCUT2D eigenvalue weighted by molar-refractivity contribution is 5.86. The maximum absolute atomic E-state index is 14.1. The summed E-state index contributed by atoms with van der Waals surface area (Å²) >= 11 is 0. The van der Waals surface area contributed by atoms with Gasteiger partial charge in [0.2, 0.25) is 5.91 Å². The van der Waals surface area contributed by atoms with E-state index in [4.69, 9.17) is 4.74 Å². The number of hydrogen-bond donors (Lipinski definition) is 7. The second-order valence-electron chi connectivity index (χ2n) is 14.5. The van der Waals surface area contributed by atoms with Crippen LogP contribution in [0.5, 0.6) is 0 Å². The number of alkyl carbamates (subject to hydrolysis) is 1. The Labute approximate surface area is 300 Å². The summed E-state index contributed by atoms with van der Waals surface area (Å²) in [6.45, 7) is 7.83. The smallest absolute Gasteiger partial charge is 0.408 e. The Morgan fingerprint density at radius 3 is 1.55 bits per heavy atom. The van der Waals surface area contributed by atoms with Crippen LogP contribution in [0, 0.1) is 5.41 Å². The predicted octanol–water partition coefficient (Wildman–Crippen LogP) is 3.73. The Hall–Kier alpha value is -4.49. The first-order chi connectivity index (χ1) is 24.1. The van der Waals surface area contributed by atoms with Gasteiger partial charge in [0, 0.05) is 25.0 Å². The third-order valence-electron chi connectivity index (χ3n) is 8.41. The van der Waals surface area contributed by atoms with Gasteiger partial charge in [-0.15, -0.1) is 0 Å². The largest absolute Gasteiger partial charge is 0.465 e. The Morgan fingerprint density at radius 1 is 0.706 bits per heavy atom. The molecule has 0 saturated heterocycles. The van der Waals surface area contributed by atoms with Crippen LogP contribution >= 0.6 is 0 Å². The number of benzene rings is 3. The molecule has 5 atom stereocenters. The van der Waals surface area contributed by atoms with Crippen molar-refractivity contribution in [3.63, 3.8) is 0 Å². The standard InChI is InChI=1S/C39H54N4O8/c1-38(2,3)51-36(48)42-31(22-28-17-11-7-12-18-28)33(46)24-40-23-32(45)30(21-27-15-9-6-10-16-27)41-35(47)34(39(4,5)26-44)43(37(49)50)25-29-19-13-8-14-20-29/h6-20,30-34,40,44-46H,21-26H2,1-5H3,(H,41,47)(H,42,48)(H,49,50)/t30-,31-,32+,33+,34?/m0/s1. The van der Waals surface area contributed by atoms with Gasteiger partial charge in [-0.2, -0.15) is 0 Å². The molecule has 7 N–H and O–H groups in total. The van der Waals surface area contributed by atoms with Crippen molar-refractivity contribution in [3.05, 3.63) is 108 Å². The number of nitrogens with zero attached hydrogens (tertiary/aromatic N) is 1. The normalized spacial score (nSPS) is 14.7. The first kappa shape index (κ1) is 40.9. The topological polar surface area (TPSA) is 181 Å². The molecule has 0 fully saturated rings. The van der Waals surface area contributed by atoms with Crippen LogP contribution in [0.25, 0.3) is 0 Å². The zero-order valence-corrected chi connectivity index (χ0v) is 30.2. The van der Waals surface area contributed by atoms with Crippen LogP contribution in [0.1, 0.15) is 51.3 Å². The number of hydrogen-bond acceptors (Lipinski definition) is 8. The molecule has 0 aliphatic carbocycles. The van der Waals surface area contributed by atoms with E-state index in [-0.39, 0.29) is 26.1 Å². The maximum atomic E-state index is 14.1. The van der Waals surface area contributed by atoms with E-state index in [1.54, 1.807) is 65.0 Å². The minimum absolute atomic E-state index is 0.0135. The van der Waals surface area contributed by atoms with Crippen LogP contribution in [0.3, 0.4) is 0 Å². The summed E-state index contributed by atoms with van der Waals surface area (Å²) in [6.07, 6.45) is -3.73. The Morgan fingerprint density at radius 2 is 1.14 bits per heavy atom. The minimum atomic E-state index is -1.33. The fourth-order valence-corrected chi connectivity index (χ4v) is 5.74. The summed E-state index contributed by atoms with van der Waals surface area (Å²) in [5, 5.41) is 51.9.